The summed E-state index contributed by atoms with van der Waals surface area (Å²) in [5.74, 6) is 1.94. The molecule has 0 saturated carbocycles. The van der Waals surface area contributed by atoms with E-state index in [1.54, 1.807) is 6.26 Å². The minimum absolute atomic E-state index is 0.313. The van der Waals surface area contributed by atoms with Gasteiger partial charge in [0.1, 0.15) is 11.6 Å². The number of H-pyrrole nitrogens is 1. The van der Waals surface area contributed by atoms with Gasteiger partial charge in [-0.15, -0.1) is 0 Å². The van der Waals surface area contributed by atoms with Crippen molar-refractivity contribution in [1.29, 1.82) is 0 Å². The molecule has 0 aliphatic heterocycles. The summed E-state index contributed by atoms with van der Waals surface area (Å²) in [6.45, 7) is 4.98. The summed E-state index contributed by atoms with van der Waals surface area (Å²) in [5.41, 5.74) is 3.39. The van der Waals surface area contributed by atoms with E-state index in [9.17, 15) is 0 Å². The minimum atomic E-state index is 0.313. The summed E-state index contributed by atoms with van der Waals surface area (Å²) in [5, 5.41) is 0. The number of hydrogen-bond acceptors (Lipinski definition) is 3. The van der Waals surface area contributed by atoms with Gasteiger partial charge in [-0.2, -0.15) is 0 Å². The van der Waals surface area contributed by atoms with Crippen LogP contribution >= 0.6 is 0 Å². The third kappa shape index (κ3) is 2.47. The summed E-state index contributed by atoms with van der Waals surface area (Å²) in [6, 6.07) is 10.6. The van der Waals surface area contributed by atoms with Crippen molar-refractivity contribution in [2.75, 3.05) is 7.05 Å². The lowest BCUT2D eigenvalue weighted by Crippen LogP contribution is -2.21. The highest BCUT2D eigenvalue weighted by molar-refractivity contribution is 5.75. The number of rotatable bonds is 4. The molecule has 0 aliphatic rings. The summed E-state index contributed by atoms with van der Waals surface area (Å²) >= 11 is 0. The first-order valence-corrected chi connectivity index (χ1v) is 6.82. The number of nitrogens with zero attached hydrogens (tertiary/aromatic N) is 2. The van der Waals surface area contributed by atoms with E-state index in [-0.39, 0.29) is 0 Å². The number of aryl methyl sites for hydroxylation is 1. The average Bonchev–Trinajstić information content (AvgIpc) is 3.04. The average molecular weight is 269 g/mol. The lowest BCUT2D eigenvalue weighted by molar-refractivity contribution is 0.232. The Kier molecular flexibility index (Phi) is 3.32. The highest BCUT2D eigenvalue weighted by Crippen LogP contribution is 2.24. The van der Waals surface area contributed by atoms with Gasteiger partial charge in [0.25, 0.3) is 0 Å². The van der Waals surface area contributed by atoms with Crippen molar-refractivity contribution in [1.82, 2.24) is 14.9 Å². The fraction of sp³-hybridized carbons (Fsp3) is 0.312. The molecule has 0 radical (unpaired) electrons. The normalized spacial score (nSPS) is 13.2. The number of aromatic nitrogens is 2. The lowest BCUT2D eigenvalue weighted by atomic mass is 10.1. The van der Waals surface area contributed by atoms with Crippen LogP contribution in [-0.2, 0) is 6.54 Å². The topological polar surface area (TPSA) is 45.1 Å². The summed E-state index contributed by atoms with van der Waals surface area (Å²) < 4.78 is 5.41. The van der Waals surface area contributed by atoms with Crippen LogP contribution in [0.15, 0.2) is 41.0 Å². The van der Waals surface area contributed by atoms with E-state index in [0.717, 1.165) is 29.2 Å². The Morgan fingerprint density at radius 3 is 2.95 bits per heavy atom. The number of nitrogens with one attached hydrogen (secondary N) is 1. The zero-order valence-corrected chi connectivity index (χ0v) is 12.1. The van der Waals surface area contributed by atoms with E-state index in [2.05, 4.69) is 47.0 Å². The van der Waals surface area contributed by atoms with E-state index in [1.807, 2.05) is 19.1 Å². The van der Waals surface area contributed by atoms with Crippen molar-refractivity contribution < 1.29 is 4.42 Å². The van der Waals surface area contributed by atoms with Crippen LogP contribution in [0.4, 0.5) is 0 Å². The van der Waals surface area contributed by atoms with Crippen molar-refractivity contribution in [3.05, 3.63) is 53.7 Å². The Balaban J connectivity index is 1.81. The van der Waals surface area contributed by atoms with Crippen LogP contribution in [0.25, 0.3) is 11.0 Å². The molecule has 1 atom stereocenters. The molecule has 2 aromatic heterocycles. The van der Waals surface area contributed by atoms with Crippen LogP contribution in [-0.4, -0.2) is 21.9 Å². The van der Waals surface area contributed by atoms with Crippen molar-refractivity contribution >= 4 is 11.0 Å². The fourth-order valence-electron chi connectivity index (χ4n) is 2.45. The predicted molar refractivity (Wildman–Crippen MR) is 79.4 cm³/mol. The van der Waals surface area contributed by atoms with Gasteiger partial charge in [0.05, 0.1) is 23.8 Å². The molecule has 1 aromatic carbocycles. The van der Waals surface area contributed by atoms with Gasteiger partial charge in [0.15, 0.2) is 0 Å². The Labute approximate surface area is 118 Å². The highest BCUT2D eigenvalue weighted by Gasteiger charge is 2.14. The van der Waals surface area contributed by atoms with Crippen LogP contribution < -0.4 is 0 Å². The van der Waals surface area contributed by atoms with Gasteiger partial charge in [0.2, 0.25) is 0 Å². The molecule has 4 heteroatoms. The van der Waals surface area contributed by atoms with Gasteiger partial charge in [0, 0.05) is 6.04 Å². The molecule has 0 saturated heterocycles. The van der Waals surface area contributed by atoms with Crippen molar-refractivity contribution in [3.63, 3.8) is 0 Å². The van der Waals surface area contributed by atoms with E-state index in [1.165, 1.54) is 5.56 Å². The first-order valence-electron chi connectivity index (χ1n) is 6.82. The lowest BCUT2D eigenvalue weighted by Gasteiger charge is -2.24. The second kappa shape index (κ2) is 5.13. The number of benzene rings is 1. The van der Waals surface area contributed by atoms with Gasteiger partial charge >= 0.3 is 0 Å². The number of imidazole rings is 1. The highest BCUT2D eigenvalue weighted by atomic mass is 16.3. The summed E-state index contributed by atoms with van der Waals surface area (Å²) in [6.07, 6.45) is 1.72. The van der Waals surface area contributed by atoms with Crippen LogP contribution in [0.2, 0.25) is 0 Å². The standard InChI is InChI=1S/C16H19N3O/c1-11(19(3)10-14-5-4-8-20-14)13-6-7-15-16(9-13)18-12(2)17-15/h4-9,11H,10H2,1-3H3,(H,17,18). The molecule has 0 bridgehead atoms. The third-order valence-corrected chi connectivity index (χ3v) is 3.75. The fourth-order valence-corrected chi connectivity index (χ4v) is 2.45. The maximum atomic E-state index is 5.41. The van der Waals surface area contributed by atoms with Crippen molar-refractivity contribution in [2.45, 2.75) is 26.4 Å². The zero-order chi connectivity index (χ0) is 14.1. The van der Waals surface area contributed by atoms with Gasteiger partial charge < -0.3 is 9.40 Å². The van der Waals surface area contributed by atoms with Crippen LogP contribution in [0.5, 0.6) is 0 Å². The summed E-state index contributed by atoms with van der Waals surface area (Å²) in [4.78, 5) is 9.99. The Morgan fingerprint density at radius 1 is 1.35 bits per heavy atom. The van der Waals surface area contributed by atoms with E-state index < -0.39 is 0 Å². The molecule has 0 aliphatic carbocycles. The second-order valence-corrected chi connectivity index (χ2v) is 5.27. The minimum Gasteiger partial charge on any atom is -0.468 e. The molecule has 0 fully saturated rings. The summed E-state index contributed by atoms with van der Waals surface area (Å²) in [7, 11) is 2.11. The zero-order valence-electron chi connectivity index (χ0n) is 12.1. The predicted octanol–water partition coefficient (Wildman–Crippen LogP) is 3.66. The van der Waals surface area contributed by atoms with Gasteiger partial charge in [-0.1, -0.05) is 6.07 Å². The second-order valence-electron chi connectivity index (χ2n) is 5.27. The van der Waals surface area contributed by atoms with Crippen molar-refractivity contribution in [2.24, 2.45) is 0 Å². The number of fused-ring (bicyclic) bond motifs is 1. The van der Waals surface area contributed by atoms with E-state index >= 15 is 0 Å². The van der Waals surface area contributed by atoms with Gasteiger partial charge in [-0.05, 0) is 50.7 Å². The van der Waals surface area contributed by atoms with E-state index in [0.29, 0.717) is 6.04 Å². The molecule has 0 amide bonds. The Hall–Kier alpha value is -2.07. The SMILES string of the molecule is Cc1nc2ccc(C(C)N(C)Cc3ccco3)cc2[nH]1. The van der Waals surface area contributed by atoms with Crippen LogP contribution in [0, 0.1) is 6.92 Å². The van der Waals surface area contributed by atoms with Gasteiger partial charge in [-0.25, -0.2) is 4.98 Å². The molecular weight excluding hydrogens is 250 g/mol. The van der Waals surface area contributed by atoms with Crippen molar-refractivity contribution in [3.8, 4) is 0 Å². The van der Waals surface area contributed by atoms with Crippen LogP contribution in [0.1, 0.15) is 30.1 Å². The molecular formula is C16H19N3O. The first kappa shape index (κ1) is 12.9. The maximum Gasteiger partial charge on any atom is 0.117 e. The number of hydrogen-bond donors (Lipinski definition) is 1. The maximum absolute atomic E-state index is 5.41. The monoisotopic (exact) mass is 269 g/mol. The molecule has 0 spiro atoms. The molecule has 20 heavy (non-hydrogen) atoms. The molecule has 104 valence electrons. The quantitative estimate of drug-likeness (QED) is 0.786. The number of aromatic amines is 1. The Bertz CT molecular complexity index is 700. The number of furan rings is 1. The Morgan fingerprint density at radius 2 is 2.20 bits per heavy atom. The first-order chi connectivity index (χ1) is 9.63. The smallest absolute Gasteiger partial charge is 0.117 e. The molecule has 3 rings (SSSR count). The third-order valence-electron chi connectivity index (χ3n) is 3.75. The van der Waals surface area contributed by atoms with E-state index in [4.69, 9.17) is 4.42 Å². The molecule has 2 heterocycles. The molecule has 1 unspecified atom stereocenters. The molecule has 1 N–H and O–H groups in total. The largest absolute Gasteiger partial charge is 0.468 e. The molecule has 4 nitrogen and oxygen atoms in total. The van der Waals surface area contributed by atoms with Crippen LogP contribution in [0.3, 0.4) is 0 Å². The van der Waals surface area contributed by atoms with Gasteiger partial charge in [-0.3, -0.25) is 4.90 Å². The molecule has 3 aromatic rings.